The molecule has 7 nitrogen and oxygen atoms in total. The molecule has 0 N–H and O–H groups in total. The number of aryl methyl sites for hydroxylation is 1. The summed E-state index contributed by atoms with van der Waals surface area (Å²) in [6, 6.07) is 9.54. The third kappa shape index (κ3) is 3.56. The number of para-hydroxylation sites is 1. The molecule has 3 aromatic heterocycles. The van der Waals surface area contributed by atoms with Gasteiger partial charge < -0.3 is 0 Å². The number of thiazole rings is 1. The zero-order valence-electron chi connectivity index (χ0n) is 14.7. The van der Waals surface area contributed by atoms with Gasteiger partial charge in [0.2, 0.25) is 5.91 Å². The minimum atomic E-state index is -0.0670. The van der Waals surface area contributed by atoms with Crippen LogP contribution in [0.2, 0.25) is 0 Å². The van der Waals surface area contributed by atoms with Crippen molar-refractivity contribution in [2.45, 2.75) is 17.7 Å². The van der Waals surface area contributed by atoms with Gasteiger partial charge in [-0.15, -0.1) is 11.3 Å². The van der Waals surface area contributed by atoms with Crippen molar-refractivity contribution >= 4 is 50.9 Å². The van der Waals surface area contributed by atoms with E-state index in [-0.39, 0.29) is 5.91 Å². The van der Waals surface area contributed by atoms with Gasteiger partial charge in [0.25, 0.3) is 0 Å². The smallest absolute Gasteiger partial charge is 0.230 e. The fraction of sp³-hybridized carbons (Fsp3) is 0.167. The number of hydrogen-bond acceptors (Lipinski definition) is 7. The van der Waals surface area contributed by atoms with E-state index in [4.69, 9.17) is 0 Å². The van der Waals surface area contributed by atoms with Crippen LogP contribution < -0.4 is 4.90 Å². The summed E-state index contributed by atoms with van der Waals surface area (Å²) in [6.07, 6.45) is 3.32. The number of fused-ring (bicyclic) bond motifs is 1. The Hall–Kier alpha value is -2.78. The van der Waals surface area contributed by atoms with E-state index in [0.717, 1.165) is 27.4 Å². The van der Waals surface area contributed by atoms with Crippen LogP contribution in [0.3, 0.4) is 0 Å². The van der Waals surface area contributed by atoms with Gasteiger partial charge in [0.05, 0.1) is 23.0 Å². The van der Waals surface area contributed by atoms with Crippen LogP contribution >= 0.6 is 23.1 Å². The molecule has 0 aliphatic carbocycles. The van der Waals surface area contributed by atoms with Crippen molar-refractivity contribution in [1.82, 2.24) is 24.7 Å². The van der Waals surface area contributed by atoms with Crippen LogP contribution in [-0.2, 0) is 17.6 Å². The van der Waals surface area contributed by atoms with Crippen LogP contribution in [0.15, 0.2) is 53.3 Å². The summed E-state index contributed by atoms with van der Waals surface area (Å²) in [4.78, 5) is 27.0. The van der Waals surface area contributed by atoms with Crippen molar-refractivity contribution in [2.75, 3.05) is 4.90 Å². The molecule has 0 spiro atoms. The number of aromatic nitrogens is 5. The van der Waals surface area contributed by atoms with Crippen LogP contribution in [0.5, 0.6) is 0 Å². The van der Waals surface area contributed by atoms with E-state index < -0.39 is 0 Å². The number of benzene rings is 1. The third-order valence-corrected chi connectivity index (χ3v) is 5.82. The molecule has 0 bridgehead atoms. The summed E-state index contributed by atoms with van der Waals surface area (Å²) in [5, 5.41) is 8.67. The quantitative estimate of drug-likeness (QED) is 0.377. The van der Waals surface area contributed by atoms with Gasteiger partial charge in [-0.2, -0.15) is 5.10 Å². The zero-order valence-corrected chi connectivity index (χ0v) is 16.4. The fourth-order valence-corrected chi connectivity index (χ4v) is 4.51. The second-order valence-corrected chi connectivity index (χ2v) is 7.58. The average molecular weight is 397 g/mol. The van der Waals surface area contributed by atoms with Crippen LogP contribution in [-0.4, -0.2) is 30.6 Å². The first-order valence-electron chi connectivity index (χ1n) is 8.19. The lowest BCUT2D eigenvalue weighted by molar-refractivity contribution is -0.115. The van der Waals surface area contributed by atoms with Crippen molar-refractivity contribution in [3.05, 3.63) is 53.9 Å². The largest absolute Gasteiger partial charge is 0.274 e. The number of amides is 1. The molecule has 27 heavy (non-hydrogen) atoms. The van der Waals surface area contributed by atoms with E-state index in [1.165, 1.54) is 11.3 Å². The lowest BCUT2D eigenvalue weighted by atomic mass is 10.3. The molecule has 0 saturated heterocycles. The minimum Gasteiger partial charge on any atom is -0.274 e. The molecular formula is C18H16N6OS2. The number of thioether (sulfide) groups is 1. The number of hydrogen-bond donors (Lipinski definition) is 0. The number of nitrogens with zero attached hydrogens (tertiary/aromatic N) is 6. The Labute approximate surface area is 164 Å². The standard InChI is InChI=1S/C18H16N6OS2/c1-12(25)24(14-6-4-3-5-7-14)18-22-13(10-27-18)9-26-17-15-8-21-23(2)16(15)19-11-20-17/h3-8,10-11H,9H2,1-2H3. The Morgan fingerprint density at radius 2 is 2.07 bits per heavy atom. The molecule has 0 atom stereocenters. The van der Waals surface area contributed by atoms with Gasteiger partial charge >= 0.3 is 0 Å². The second-order valence-electron chi connectivity index (χ2n) is 5.78. The maximum atomic E-state index is 12.1. The molecule has 4 rings (SSSR count). The maximum Gasteiger partial charge on any atom is 0.230 e. The zero-order chi connectivity index (χ0) is 18.8. The summed E-state index contributed by atoms with van der Waals surface area (Å²) in [7, 11) is 1.86. The summed E-state index contributed by atoms with van der Waals surface area (Å²) >= 11 is 3.04. The summed E-state index contributed by atoms with van der Waals surface area (Å²) in [6.45, 7) is 1.54. The Morgan fingerprint density at radius 1 is 1.26 bits per heavy atom. The average Bonchev–Trinajstić information content (AvgIpc) is 3.28. The monoisotopic (exact) mass is 396 g/mol. The van der Waals surface area contributed by atoms with Crippen molar-refractivity contribution in [3.63, 3.8) is 0 Å². The normalized spacial score (nSPS) is 11.0. The van der Waals surface area contributed by atoms with E-state index in [1.807, 2.05) is 42.8 Å². The highest BCUT2D eigenvalue weighted by molar-refractivity contribution is 7.98. The number of rotatable bonds is 5. The Balaban J connectivity index is 1.55. The summed E-state index contributed by atoms with van der Waals surface area (Å²) in [5.41, 5.74) is 2.52. The SMILES string of the molecule is CC(=O)N(c1ccccc1)c1nc(CSc2ncnc3c2cnn3C)cs1. The minimum absolute atomic E-state index is 0.0670. The van der Waals surface area contributed by atoms with Crippen molar-refractivity contribution < 1.29 is 4.79 Å². The molecule has 0 unspecified atom stereocenters. The van der Waals surface area contributed by atoms with Gasteiger partial charge in [0.1, 0.15) is 11.4 Å². The van der Waals surface area contributed by atoms with Crippen LogP contribution in [0.25, 0.3) is 11.0 Å². The lowest BCUT2D eigenvalue weighted by Gasteiger charge is -2.17. The van der Waals surface area contributed by atoms with E-state index in [0.29, 0.717) is 10.9 Å². The Kier molecular flexibility index (Phi) is 4.87. The van der Waals surface area contributed by atoms with E-state index in [2.05, 4.69) is 20.1 Å². The molecule has 0 aliphatic heterocycles. The molecule has 3 heterocycles. The fourth-order valence-electron chi connectivity index (χ4n) is 2.67. The molecule has 136 valence electrons. The van der Waals surface area contributed by atoms with Crippen molar-refractivity contribution in [3.8, 4) is 0 Å². The second kappa shape index (κ2) is 7.45. The van der Waals surface area contributed by atoms with Gasteiger partial charge in [0.15, 0.2) is 10.8 Å². The van der Waals surface area contributed by atoms with Crippen molar-refractivity contribution in [2.24, 2.45) is 7.05 Å². The predicted molar refractivity (Wildman–Crippen MR) is 107 cm³/mol. The number of carbonyl (C=O) groups is 1. The topological polar surface area (TPSA) is 76.8 Å². The number of anilines is 2. The van der Waals surface area contributed by atoms with Gasteiger partial charge in [0, 0.05) is 25.1 Å². The van der Waals surface area contributed by atoms with E-state index >= 15 is 0 Å². The molecule has 1 amide bonds. The van der Waals surface area contributed by atoms with Crippen LogP contribution in [0, 0.1) is 0 Å². The molecule has 0 radical (unpaired) electrons. The van der Waals surface area contributed by atoms with Crippen molar-refractivity contribution in [1.29, 1.82) is 0 Å². The molecular weight excluding hydrogens is 380 g/mol. The van der Waals surface area contributed by atoms with Crippen LogP contribution in [0.1, 0.15) is 12.6 Å². The number of carbonyl (C=O) groups excluding carboxylic acids is 1. The molecule has 0 fully saturated rings. The molecule has 0 aliphatic rings. The maximum absolute atomic E-state index is 12.1. The first kappa shape index (κ1) is 17.6. The summed E-state index contributed by atoms with van der Waals surface area (Å²) in [5.74, 6) is 0.584. The Bertz CT molecular complexity index is 1090. The Morgan fingerprint density at radius 3 is 2.85 bits per heavy atom. The summed E-state index contributed by atoms with van der Waals surface area (Å²) < 4.78 is 1.73. The van der Waals surface area contributed by atoms with E-state index in [1.54, 1.807) is 40.8 Å². The highest BCUT2D eigenvalue weighted by Crippen LogP contribution is 2.32. The third-order valence-electron chi connectivity index (χ3n) is 3.91. The first-order chi connectivity index (χ1) is 13.1. The van der Waals surface area contributed by atoms with Gasteiger partial charge in [-0.25, -0.2) is 15.0 Å². The highest BCUT2D eigenvalue weighted by atomic mass is 32.2. The predicted octanol–water partition coefficient (Wildman–Crippen LogP) is 3.80. The van der Waals surface area contributed by atoms with Gasteiger partial charge in [-0.1, -0.05) is 30.0 Å². The molecule has 4 aromatic rings. The van der Waals surface area contributed by atoms with Gasteiger partial charge in [-0.05, 0) is 12.1 Å². The van der Waals surface area contributed by atoms with Gasteiger partial charge in [-0.3, -0.25) is 14.4 Å². The lowest BCUT2D eigenvalue weighted by Crippen LogP contribution is -2.22. The molecule has 0 saturated carbocycles. The molecule has 1 aromatic carbocycles. The van der Waals surface area contributed by atoms with Crippen LogP contribution in [0.4, 0.5) is 10.8 Å². The first-order valence-corrected chi connectivity index (χ1v) is 10.1. The highest BCUT2D eigenvalue weighted by Gasteiger charge is 2.18. The molecule has 9 heteroatoms. The van der Waals surface area contributed by atoms with E-state index in [9.17, 15) is 4.79 Å².